The van der Waals surface area contributed by atoms with Crippen LogP contribution in [0.3, 0.4) is 0 Å². The topological polar surface area (TPSA) is 18.5 Å². The molecule has 0 amide bonds. The Kier molecular flexibility index (Phi) is 12.3. The molecule has 0 aromatic heterocycles. The van der Waals surface area contributed by atoms with Gasteiger partial charge in [-0.3, -0.25) is 0 Å². The van der Waals surface area contributed by atoms with Crippen molar-refractivity contribution in [2.24, 2.45) is 0 Å². The lowest BCUT2D eigenvalue weighted by molar-refractivity contribution is 0.0764. The molecule has 2 nitrogen and oxygen atoms in total. The number of benzene rings is 2. The minimum atomic E-state index is 0.144. The van der Waals surface area contributed by atoms with Gasteiger partial charge in [0.2, 0.25) is 0 Å². The summed E-state index contributed by atoms with van der Waals surface area (Å²) in [5.74, 6) is 0.969. The Labute approximate surface area is 185 Å². The number of rotatable bonds is 16. The van der Waals surface area contributed by atoms with Crippen LogP contribution in [0.25, 0.3) is 11.1 Å². The van der Waals surface area contributed by atoms with Crippen LogP contribution in [0.4, 0.5) is 0 Å². The summed E-state index contributed by atoms with van der Waals surface area (Å²) in [7, 11) is 0. The molecule has 0 N–H and O–H groups in total. The van der Waals surface area contributed by atoms with Crippen LogP contribution < -0.4 is 4.74 Å². The van der Waals surface area contributed by atoms with Gasteiger partial charge in [0.1, 0.15) is 5.75 Å². The van der Waals surface area contributed by atoms with Gasteiger partial charge >= 0.3 is 0 Å². The minimum Gasteiger partial charge on any atom is -0.494 e. The Morgan fingerprint density at radius 2 is 1.13 bits per heavy atom. The normalized spacial score (nSPS) is 12.1. The smallest absolute Gasteiger partial charge is 0.119 e. The van der Waals surface area contributed by atoms with Crippen LogP contribution in [0, 0.1) is 0 Å². The molecular weight excluding hydrogens is 368 g/mol. The molecule has 2 rings (SSSR count). The maximum Gasteiger partial charge on any atom is 0.119 e. The van der Waals surface area contributed by atoms with E-state index in [0.29, 0.717) is 0 Å². The molecule has 0 bridgehead atoms. The van der Waals surface area contributed by atoms with Gasteiger partial charge in [0.05, 0.1) is 12.7 Å². The standard InChI is InChI=1S/C28H42O2/c1-4-6-7-8-9-10-11-12-13-14-23-30-28-21-19-27(20-22-28)26-17-15-25(16-18-26)24(3)29-5-2/h15-22,24H,4-14,23H2,1-3H3. The highest BCUT2D eigenvalue weighted by Gasteiger charge is 2.05. The third-order valence-corrected chi connectivity index (χ3v) is 5.75. The van der Waals surface area contributed by atoms with Gasteiger partial charge in [-0.1, -0.05) is 101 Å². The first-order valence-electron chi connectivity index (χ1n) is 12.2. The summed E-state index contributed by atoms with van der Waals surface area (Å²) < 4.78 is 11.6. The summed E-state index contributed by atoms with van der Waals surface area (Å²) in [5.41, 5.74) is 3.66. The summed E-state index contributed by atoms with van der Waals surface area (Å²) in [6.45, 7) is 7.97. The fourth-order valence-corrected chi connectivity index (χ4v) is 3.82. The third kappa shape index (κ3) is 9.34. The fraction of sp³-hybridized carbons (Fsp3) is 0.571. The van der Waals surface area contributed by atoms with E-state index in [9.17, 15) is 0 Å². The maximum atomic E-state index is 5.93. The largest absolute Gasteiger partial charge is 0.494 e. The van der Waals surface area contributed by atoms with Gasteiger partial charge in [-0.15, -0.1) is 0 Å². The highest BCUT2D eigenvalue weighted by atomic mass is 16.5. The van der Waals surface area contributed by atoms with Crippen LogP contribution in [0.2, 0.25) is 0 Å². The van der Waals surface area contributed by atoms with E-state index in [0.717, 1.165) is 25.4 Å². The molecule has 2 heteroatoms. The third-order valence-electron chi connectivity index (χ3n) is 5.75. The second-order valence-electron chi connectivity index (χ2n) is 8.27. The van der Waals surface area contributed by atoms with Crippen molar-refractivity contribution in [1.29, 1.82) is 0 Å². The predicted octanol–water partition coefficient (Wildman–Crippen LogP) is 8.75. The zero-order valence-corrected chi connectivity index (χ0v) is 19.5. The molecule has 0 spiro atoms. The summed E-state index contributed by atoms with van der Waals surface area (Å²) in [4.78, 5) is 0. The van der Waals surface area contributed by atoms with E-state index >= 15 is 0 Å². The first-order chi connectivity index (χ1) is 14.7. The number of hydrogen-bond donors (Lipinski definition) is 0. The van der Waals surface area contributed by atoms with Crippen molar-refractivity contribution in [3.8, 4) is 16.9 Å². The first kappa shape index (κ1) is 24.5. The van der Waals surface area contributed by atoms with Crippen molar-refractivity contribution >= 4 is 0 Å². The lowest BCUT2D eigenvalue weighted by atomic mass is 10.0. The van der Waals surface area contributed by atoms with Gasteiger partial charge in [-0.05, 0) is 49.1 Å². The SMILES string of the molecule is CCCCCCCCCCCCOc1ccc(-c2ccc(C(C)OCC)cc2)cc1. The van der Waals surface area contributed by atoms with Gasteiger partial charge in [-0.2, -0.15) is 0 Å². The van der Waals surface area contributed by atoms with Crippen molar-refractivity contribution < 1.29 is 9.47 Å². The fourth-order valence-electron chi connectivity index (χ4n) is 3.82. The molecule has 0 aliphatic carbocycles. The lowest BCUT2D eigenvalue weighted by Gasteiger charge is -2.12. The zero-order valence-electron chi connectivity index (χ0n) is 19.5. The minimum absolute atomic E-state index is 0.144. The highest BCUT2D eigenvalue weighted by Crippen LogP contribution is 2.25. The monoisotopic (exact) mass is 410 g/mol. The molecule has 166 valence electrons. The molecule has 0 heterocycles. The van der Waals surface area contributed by atoms with Crippen molar-refractivity contribution in [2.75, 3.05) is 13.2 Å². The molecule has 30 heavy (non-hydrogen) atoms. The van der Waals surface area contributed by atoms with E-state index in [4.69, 9.17) is 9.47 Å². The molecule has 0 aliphatic rings. The molecule has 1 unspecified atom stereocenters. The van der Waals surface area contributed by atoms with Crippen LogP contribution >= 0.6 is 0 Å². The zero-order chi connectivity index (χ0) is 21.4. The second-order valence-corrected chi connectivity index (χ2v) is 8.27. The van der Waals surface area contributed by atoms with E-state index < -0.39 is 0 Å². The predicted molar refractivity (Wildman–Crippen MR) is 129 cm³/mol. The molecule has 2 aromatic carbocycles. The van der Waals surface area contributed by atoms with Gasteiger partial charge in [0, 0.05) is 6.61 Å². The van der Waals surface area contributed by atoms with E-state index in [1.54, 1.807) is 0 Å². The molecule has 0 aliphatic heterocycles. The summed E-state index contributed by atoms with van der Waals surface area (Å²) in [5, 5.41) is 0. The van der Waals surface area contributed by atoms with Crippen LogP contribution in [-0.2, 0) is 4.74 Å². The van der Waals surface area contributed by atoms with E-state index in [1.165, 1.54) is 74.5 Å². The van der Waals surface area contributed by atoms with Crippen molar-refractivity contribution in [2.45, 2.75) is 91.1 Å². The van der Waals surface area contributed by atoms with E-state index in [2.05, 4.69) is 62.4 Å². The molecule has 0 saturated carbocycles. The Morgan fingerprint density at radius 3 is 1.67 bits per heavy atom. The molecule has 0 saturated heterocycles. The molecule has 0 fully saturated rings. The second kappa shape index (κ2) is 15.1. The van der Waals surface area contributed by atoms with Crippen LogP contribution in [0.5, 0.6) is 5.75 Å². The van der Waals surface area contributed by atoms with Crippen molar-refractivity contribution in [1.82, 2.24) is 0 Å². The van der Waals surface area contributed by atoms with Crippen LogP contribution in [-0.4, -0.2) is 13.2 Å². The Hall–Kier alpha value is -1.80. The summed E-state index contributed by atoms with van der Waals surface area (Å²) in [6, 6.07) is 17.1. The summed E-state index contributed by atoms with van der Waals surface area (Å²) in [6.07, 6.45) is 13.7. The Balaban J connectivity index is 1.62. The molecular formula is C28H42O2. The van der Waals surface area contributed by atoms with E-state index in [-0.39, 0.29) is 6.10 Å². The first-order valence-corrected chi connectivity index (χ1v) is 12.2. The Morgan fingerprint density at radius 1 is 0.633 bits per heavy atom. The number of hydrogen-bond acceptors (Lipinski definition) is 2. The van der Waals surface area contributed by atoms with E-state index in [1.807, 2.05) is 6.92 Å². The lowest BCUT2D eigenvalue weighted by Crippen LogP contribution is -1.99. The van der Waals surface area contributed by atoms with Gasteiger partial charge in [-0.25, -0.2) is 0 Å². The Bertz CT molecular complexity index is 660. The van der Waals surface area contributed by atoms with Gasteiger partial charge in [0.15, 0.2) is 0 Å². The summed E-state index contributed by atoms with van der Waals surface area (Å²) >= 11 is 0. The highest BCUT2D eigenvalue weighted by molar-refractivity contribution is 5.64. The average Bonchev–Trinajstić information content (AvgIpc) is 2.78. The maximum absolute atomic E-state index is 5.93. The molecule has 0 radical (unpaired) electrons. The molecule has 2 aromatic rings. The number of ether oxygens (including phenoxy) is 2. The van der Waals surface area contributed by atoms with Gasteiger partial charge < -0.3 is 9.47 Å². The van der Waals surface area contributed by atoms with Crippen molar-refractivity contribution in [3.05, 3.63) is 54.1 Å². The quantitative estimate of drug-likeness (QED) is 0.257. The van der Waals surface area contributed by atoms with Gasteiger partial charge in [0.25, 0.3) is 0 Å². The molecule has 1 atom stereocenters. The van der Waals surface area contributed by atoms with Crippen molar-refractivity contribution in [3.63, 3.8) is 0 Å². The number of unbranched alkanes of at least 4 members (excludes halogenated alkanes) is 9. The van der Waals surface area contributed by atoms with Crippen LogP contribution in [0.1, 0.15) is 96.6 Å². The average molecular weight is 411 g/mol. The van der Waals surface area contributed by atoms with Crippen LogP contribution in [0.15, 0.2) is 48.5 Å².